The first-order valence-electron chi connectivity index (χ1n) is 4.55. The van der Waals surface area contributed by atoms with Crippen LogP contribution in [0.15, 0.2) is 34.9 Å². The molecule has 2 rings (SSSR count). The molecule has 16 heavy (non-hydrogen) atoms. The summed E-state index contributed by atoms with van der Waals surface area (Å²) in [6, 6.07) is 7.10. The van der Waals surface area contributed by atoms with Crippen molar-refractivity contribution in [3.63, 3.8) is 0 Å². The van der Waals surface area contributed by atoms with Gasteiger partial charge in [-0.1, -0.05) is 12.1 Å². The molecule has 0 unspecified atom stereocenters. The fourth-order valence-electron chi connectivity index (χ4n) is 1.32. The molecule has 1 aromatic heterocycles. The van der Waals surface area contributed by atoms with Crippen molar-refractivity contribution in [2.75, 3.05) is 7.11 Å². The van der Waals surface area contributed by atoms with E-state index in [0.29, 0.717) is 11.3 Å². The van der Waals surface area contributed by atoms with Crippen LogP contribution in [0.4, 0.5) is 0 Å². The van der Waals surface area contributed by atoms with Gasteiger partial charge in [0.2, 0.25) is 11.7 Å². The van der Waals surface area contributed by atoms with Crippen LogP contribution in [0.1, 0.15) is 10.6 Å². The zero-order valence-corrected chi connectivity index (χ0v) is 8.51. The third-order valence-electron chi connectivity index (χ3n) is 2.05. The van der Waals surface area contributed by atoms with Gasteiger partial charge in [-0.15, -0.1) is 0 Å². The maximum absolute atomic E-state index is 10.6. The third-order valence-corrected chi connectivity index (χ3v) is 2.05. The van der Waals surface area contributed by atoms with Crippen LogP contribution in [-0.2, 0) is 0 Å². The first-order chi connectivity index (χ1) is 7.72. The van der Waals surface area contributed by atoms with E-state index in [2.05, 4.69) is 4.98 Å². The molecular formula is C11H9NO4. The van der Waals surface area contributed by atoms with E-state index in [9.17, 15) is 4.79 Å². The summed E-state index contributed by atoms with van der Waals surface area (Å²) in [5, 5.41) is 8.71. The van der Waals surface area contributed by atoms with Crippen LogP contribution in [0.3, 0.4) is 0 Å². The molecule has 0 atom stereocenters. The van der Waals surface area contributed by atoms with Crippen LogP contribution >= 0.6 is 0 Å². The first kappa shape index (κ1) is 10.2. The van der Waals surface area contributed by atoms with Crippen molar-refractivity contribution in [1.29, 1.82) is 0 Å². The lowest BCUT2D eigenvalue weighted by Crippen LogP contribution is -1.91. The van der Waals surface area contributed by atoms with E-state index >= 15 is 0 Å². The molecule has 0 bridgehead atoms. The van der Waals surface area contributed by atoms with E-state index in [-0.39, 0.29) is 11.7 Å². The summed E-state index contributed by atoms with van der Waals surface area (Å²) in [6.07, 6.45) is 1.17. The number of aromatic nitrogens is 1. The molecule has 0 fully saturated rings. The zero-order valence-electron chi connectivity index (χ0n) is 8.51. The Morgan fingerprint density at radius 2 is 2.19 bits per heavy atom. The van der Waals surface area contributed by atoms with Gasteiger partial charge in [0.05, 0.1) is 18.9 Å². The van der Waals surface area contributed by atoms with Crippen molar-refractivity contribution in [1.82, 2.24) is 4.98 Å². The number of ether oxygens (including phenoxy) is 1. The molecule has 2 aromatic rings. The van der Waals surface area contributed by atoms with E-state index in [4.69, 9.17) is 14.3 Å². The highest BCUT2D eigenvalue weighted by Gasteiger charge is 2.14. The quantitative estimate of drug-likeness (QED) is 0.855. The van der Waals surface area contributed by atoms with Gasteiger partial charge in [0, 0.05) is 0 Å². The monoisotopic (exact) mass is 219 g/mol. The molecule has 0 radical (unpaired) electrons. The molecule has 5 nitrogen and oxygen atoms in total. The number of para-hydroxylation sites is 1. The number of oxazole rings is 1. The van der Waals surface area contributed by atoms with Gasteiger partial charge in [0.1, 0.15) is 5.75 Å². The molecule has 1 aromatic carbocycles. The maximum Gasteiger partial charge on any atom is 0.373 e. The zero-order chi connectivity index (χ0) is 11.5. The summed E-state index contributed by atoms with van der Waals surface area (Å²) in [7, 11) is 1.53. The average molecular weight is 219 g/mol. The van der Waals surface area contributed by atoms with Crippen molar-refractivity contribution in [2.24, 2.45) is 0 Å². The molecule has 0 aliphatic carbocycles. The molecule has 1 heterocycles. The number of methoxy groups -OCH3 is 1. The largest absolute Gasteiger partial charge is 0.496 e. The van der Waals surface area contributed by atoms with Gasteiger partial charge in [0.25, 0.3) is 0 Å². The highest BCUT2D eigenvalue weighted by Crippen LogP contribution is 2.28. The Balaban J connectivity index is 2.46. The van der Waals surface area contributed by atoms with E-state index in [0.717, 1.165) is 0 Å². The van der Waals surface area contributed by atoms with Crippen molar-refractivity contribution < 1.29 is 19.1 Å². The number of benzene rings is 1. The standard InChI is InChI=1S/C11H9NO4/c1-15-8-5-3-2-4-7(8)10-12-6-9(16-10)11(13)14/h2-6H,1H3,(H,13,14). The Kier molecular flexibility index (Phi) is 2.59. The normalized spacial score (nSPS) is 10.1. The number of carbonyl (C=O) groups is 1. The van der Waals surface area contributed by atoms with Gasteiger partial charge in [-0.25, -0.2) is 9.78 Å². The highest BCUT2D eigenvalue weighted by molar-refractivity contribution is 5.84. The molecule has 1 N–H and O–H groups in total. The number of hydrogen-bond acceptors (Lipinski definition) is 4. The number of nitrogens with zero attached hydrogens (tertiary/aromatic N) is 1. The molecule has 0 spiro atoms. The van der Waals surface area contributed by atoms with Gasteiger partial charge >= 0.3 is 5.97 Å². The second-order valence-corrected chi connectivity index (χ2v) is 3.04. The SMILES string of the molecule is COc1ccccc1-c1ncc(C(=O)O)o1. The first-order valence-corrected chi connectivity index (χ1v) is 4.55. The second kappa shape index (κ2) is 4.06. The van der Waals surface area contributed by atoms with Crippen molar-refractivity contribution >= 4 is 5.97 Å². The minimum atomic E-state index is -1.14. The molecule has 0 saturated heterocycles. The van der Waals surface area contributed by atoms with Crippen LogP contribution in [0, 0.1) is 0 Å². The predicted molar refractivity (Wildman–Crippen MR) is 55.5 cm³/mol. The number of aromatic carboxylic acids is 1. The van der Waals surface area contributed by atoms with Gasteiger partial charge in [-0.05, 0) is 12.1 Å². The minimum absolute atomic E-state index is 0.194. The Bertz CT molecular complexity index is 518. The molecule has 0 amide bonds. The summed E-state index contributed by atoms with van der Waals surface area (Å²) < 4.78 is 10.2. The molecule has 0 saturated carbocycles. The van der Waals surface area contributed by atoms with E-state index < -0.39 is 5.97 Å². The van der Waals surface area contributed by atoms with Gasteiger partial charge in [0.15, 0.2) is 0 Å². The second-order valence-electron chi connectivity index (χ2n) is 3.04. The van der Waals surface area contributed by atoms with Gasteiger partial charge in [-0.2, -0.15) is 0 Å². The van der Waals surface area contributed by atoms with Crippen molar-refractivity contribution in [2.45, 2.75) is 0 Å². The molecule has 82 valence electrons. The number of carboxylic acid groups (broad SMARTS) is 1. The molecule has 0 aliphatic heterocycles. The Hall–Kier alpha value is -2.30. The fourth-order valence-corrected chi connectivity index (χ4v) is 1.32. The summed E-state index contributed by atoms with van der Waals surface area (Å²) >= 11 is 0. The van der Waals surface area contributed by atoms with E-state index in [1.54, 1.807) is 18.2 Å². The van der Waals surface area contributed by atoms with Gasteiger partial charge < -0.3 is 14.3 Å². The summed E-state index contributed by atoms with van der Waals surface area (Å²) in [4.78, 5) is 14.5. The number of rotatable bonds is 3. The van der Waals surface area contributed by atoms with Crippen molar-refractivity contribution in [3.05, 3.63) is 36.2 Å². The molecule has 0 aliphatic rings. The van der Waals surface area contributed by atoms with Crippen LogP contribution < -0.4 is 4.74 Å². The summed E-state index contributed by atoms with van der Waals surface area (Å²) in [5.74, 6) is -0.523. The van der Waals surface area contributed by atoms with Crippen molar-refractivity contribution in [3.8, 4) is 17.2 Å². The molecular weight excluding hydrogens is 210 g/mol. The lowest BCUT2D eigenvalue weighted by molar-refractivity contribution is 0.0663. The number of carboxylic acids is 1. The minimum Gasteiger partial charge on any atom is -0.496 e. The van der Waals surface area contributed by atoms with Crippen LogP contribution in [0.2, 0.25) is 0 Å². The summed E-state index contributed by atoms with van der Waals surface area (Å²) in [5.41, 5.74) is 0.623. The summed E-state index contributed by atoms with van der Waals surface area (Å²) in [6.45, 7) is 0. The predicted octanol–water partition coefficient (Wildman–Crippen LogP) is 2.05. The number of hydrogen-bond donors (Lipinski definition) is 1. The van der Waals surface area contributed by atoms with Crippen LogP contribution in [0.25, 0.3) is 11.5 Å². The Labute approximate surface area is 91.3 Å². The molecule has 5 heteroatoms. The lowest BCUT2D eigenvalue weighted by atomic mass is 10.2. The Morgan fingerprint density at radius 1 is 1.44 bits per heavy atom. The lowest BCUT2D eigenvalue weighted by Gasteiger charge is -2.03. The van der Waals surface area contributed by atoms with Gasteiger partial charge in [-0.3, -0.25) is 0 Å². The van der Waals surface area contributed by atoms with Crippen LogP contribution in [0.5, 0.6) is 5.75 Å². The smallest absolute Gasteiger partial charge is 0.373 e. The Morgan fingerprint density at radius 3 is 2.81 bits per heavy atom. The highest BCUT2D eigenvalue weighted by atomic mass is 16.5. The van der Waals surface area contributed by atoms with E-state index in [1.165, 1.54) is 13.3 Å². The maximum atomic E-state index is 10.6. The average Bonchev–Trinajstić information content (AvgIpc) is 2.78. The van der Waals surface area contributed by atoms with Crippen LogP contribution in [-0.4, -0.2) is 23.2 Å². The van der Waals surface area contributed by atoms with E-state index in [1.807, 2.05) is 6.07 Å². The fraction of sp³-hybridized carbons (Fsp3) is 0.0909. The third kappa shape index (κ3) is 1.75. The topological polar surface area (TPSA) is 72.6 Å².